The summed E-state index contributed by atoms with van der Waals surface area (Å²) in [6, 6.07) is 9.46. The van der Waals surface area contributed by atoms with Gasteiger partial charge in [0.25, 0.3) is 0 Å². The van der Waals surface area contributed by atoms with Crippen LogP contribution in [0.5, 0.6) is 0 Å². The van der Waals surface area contributed by atoms with Crippen molar-refractivity contribution in [2.24, 2.45) is 5.73 Å². The van der Waals surface area contributed by atoms with Crippen molar-refractivity contribution in [3.05, 3.63) is 35.9 Å². The average molecular weight is 296 g/mol. The number of nitrogens with two attached hydrogens (primary N) is 1. The van der Waals surface area contributed by atoms with Gasteiger partial charge >= 0.3 is 5.97 Å². The Bertz CT molecular complexity index is 436. The molecule has 1 aromatic carbocycles. The van der Waals surface area contributed by atoms with Gasteiger partial charge in [0.05, 0.1) is 32.4 Å². The van der Waals surface area contributed by atoms with Crippen LogP contribution in [0.2, 0.25) is 0 Å². The molecule has 0 radical (unpaired) electrons. The molecule has 0 aliphatic heterocycles. The fraction of sp³-hybridized carbons (Fsp3) is 0.429. The molecule has 1 atom stereocenters. The van der Waals surface area contributed by atoms with E-state index in [9.17, 15) is 14.7 Å². The quantitative estimate of drug-likeness (QED) is 0.533. The standard InChI is InChI=1S/C14H20N2O5/c15-13(18)7-16(8-14(19)20)6-12(17)10-21-9-11-4-2-1-3-5-11/h1-5,12,17H,6-10H2,(H2,15,18)(H,19,20). The zero-order valence-electron chi connectivity index (χ0n) is 11.6. The van der Waals surface area contributed by atoms with E-state index < -0.39 is 18.0 Å². The van der Waals surface area contributed by atoms with E-state index >= 15 is 0 Å². The Kier molecular flexibility index (Phi) is 7.38. The molecule has 1 unspecified atom stereocenters. The first-order valence-electron chi connectivity index (χ1n) is 6.49. The van der Waals surface area contributed by atoms with Crippen molar-refractivity contribution >= 4 is 11.9 Å². The predicted octanol–water partition coefficient (Wildman–Crippen LogP) is -0.564. The Morgan fingerprint density at radius 1 is 1.24 bits per heavy atom. The summed E-state index contributed by atoms with van der Waals surface area (Å²) in [4.78, 5) is 22.8. The van der Waals surface area contributed by atoms with Crippen molar-refractivity contribution in [3.63, 3.8) is 0 Å². The summed E-state index contributed by atoms with van der Waals surface area (Å²) in [5, 5.41) is 18.5. The number of benzene rings is 1. The van der Waals surface area contributed by atoms with Gasteiger partial charge in [-0.05, 0) is 5.56 Å². The van der Waals surface area contributed by atoms with Crippen LogP contribution in [0.25, 0.3) is 0 Å². The minimum absolute atomic E-state index is 0.00400. The zero-order chi connectivity index (χ0) is 15.7. The Morgan fingerprint density at radius 2 is 1.90 bits per heavy atom. The number of aliphatic hydroxyl groups is 1. The van der Waals surface area contributed by atoms with E-state index in [4.69, 9.17) is 15.6 Å². The molecule has 0 fully saturated rings. The Morgan fingerprint density at radius 3 is 2.48 bits per heavy atom. The summed E-state index contributed by atoms with van der Waals surface area (Å²) in [6.07, 6.45) is -0.896. The van der Waals surface area contributed by atoms with Gasteiger partial charge in [0.1, 0.15) is 0 Å². The molecule has 1 amide bonds. The van der Waals surface area contributed by atoms with Gasteiger partial charge in [-0.25, -0.2) is 0 Å². The van der Waals surface area contributed by atoms with Crippen LogP contribution < -0.4 is 5.73 Å². The van der Waals surface area contributed by atoms with E-state index in [2.05, 4.69) is 0 Å². The Labute approximate surface area is 122 Å². The molecule has 0 spiro atoms. The van der Waals surface area contributed by atoms with Crippen LogP contribution >= 0.6 is 0 Å². The second-order valence-corrected chi connectivity index (χ2v) is 4.68. The fourth-order valence-corrected chi connectivity index (χ4v) is 1.83. The number of carboxylic acid groups (broad SMARTS) is 1. The molecule has 21 heavy (non-hydrogen) atoms. The highest BCUT2D eigenvalue weighted by Crippen LogP contribution is 2.02. The number of hydrogen-bond acceptors (Lipinski definition) is 5. The van der Waals surface area contributed by atoms with Crippen LogP contribution in [0.3, 0.4) is 0 Å². The molecule has 7 nitrogen and oxygen atoms in total. The first kappa shape index (κ1) is 17.1. The van der Waals surface area contributed by atoms with Gasteiger partial charge in [-0.1, -0.05) is 30.3 Å². The van der Waals surface area contributed by atoms with Crippen LogP contribution in [0.4, 0.5) is 0 Å². The number of carbonyl (C=O) groups excluding carboxylic acids is 1. The van der Waals surface area contributed by atoms with Gasteiger partial charge in [0.15, 0.2) is 0 Å². The first-order chi connectivity index (χ1) is 9.97. The van der Waals surface area contributed by atoms with Gasteiger partial charge in [-0.2, -0.15) is 0 Å². The van der Waals surface area contributed by atoms with Gasteiger partial charge < -0.3 is 20.7 Å². The highest BCUT2D eigenvalue weighted by molar-refractivity contribution is 5.77. The maximum atomic E-state index is 10.8. The highest BCUT2D eigenvalue weighted by atomic mass is 16.5. The molecule has 0 aliphatic carbocycles. The number of nitrogens with zero attached hydrogens (tertiary/aromatic N) is 1. The van der Waals surface area contributed by atoms with E-state index in [1.54, 1.807) is 0 Å². The number of carbonyl (C=O) groups is 2. The van der Waals surface area contributed by atoms with Crippen LogP contribution in [0, 0.1) is 0 Å². The largest absolute Gasteiger partial charge is 0.480 e. The lowest BCUT2D eigenvalue weighted by molar-refractivity contribution is -0.139. The van der Waals surface area contributed by atoms with Crippen molar-refractivity contribution < 1.29 is 24.5 Å². The number of primary amides is 1. The second-order valence-electron chi connectivity index (χ2n) is 4.68. The van der Waals surface area contributed by atoms with Crippen molar-refractivity contribution in [3.8, 4) is 0 Å². The summed E-state index contributed by atoms with van der Waals surface area (Å²) in [5.41, 5.74) is 6.01. The lowest BCUT2D eigenvalue weighted by Crippen LogP contribution is -2.42. The van der Waals surface area contributed by atoms with Gasteiger partial charge in [-0.3, -0.25) is 14.5 Å². The molecule has 1 aromatic rings. The molecule has 0 saturated heterocycles. The molecule has 0 aliphatic rings. The maximum Gasteiger partial charge on any atom is 0.317 e. The summed E-state index contributed by atoms with van der Waals surface area (Å²) < 4.78 is 5.35. The van der Waals surface area contributed by atoms with Crippen LogP contribution in [0.15, 0.2) is 30.3 Å². The minimum Gasteiger partial charge on any atom is -0.480 e. The Hall–Kier alpha value is -1.96. The van der Waals surface area contributed by atoms with E-state index in [0.717, 1.165) is 5.56 Å². The lowest BCUT2D eigenvalue weighted by Gasteiger charge is -2.21. The minimum atomic E-state index is -1.09. The van der Waals surface area contributed by atoms with E-state index in [1.807, 2.05) is 30.3 Å². The van der Waals surface area contributed by atoms with Gasteiger partial charge in [-0.15, -0.1) is 0 Å². The summed E-state index contributed by atoms with van der Waals surface area (Å²) in [5.74, 6) is -1.73. The molecule has 1 rings (SSSR count). The van der Waals surface area contributed by atoms with Crippen molar-refractivity contribution in [1.29, 1.82) is 0 Å². The number of rotatable bonds is 10. The second kappa shape index (κ2) is 9.06. The topological polar surface area (TPSA) is 113 Å². The molecule has 0 heterocycles. The number of carboxylic acids is 1. The number of ether oxygens (including phenoxy) is 1. The van der Waals surface area contributed by atoms with E-state index in [0.29, 0.717) is 6.61 Å². The molecule has 0 aromatic heterocycles. The number of amides is 1. The fourth-order valence-electron chi connectivity index (χ4n) is 1.83. The van der Waals surface area contributed by atoms with Crippen molar-refractivity contribution in [1.82, 2.24) is 4.90 Å². The molecular weight excluding hydrogens is 276 g/mol. The van der Waals surface area contributed by atoms with Crippen LogP contribution in [-0.2, 0) is 20.9 Å². The monoisotopic (exact) mass is 296 g/mol. The van der Waals surface area contributed by atoms with Crippen molar-refractivity contribution in [2.75, 3.05) is 26.2 Å². The average Bonchev–Trinajstić information content (AvgIpc) is 2.38. The van der Waals surface area contributed by atoms with E-state index in [1.165, 1.54) is 4.90 Å². The molecule has 0 bridgehead atoms. The third-order valence-corrected chi connectivity index (χ3v) is 2.63. The lowest BCUT2D eigenvalue weighted by atomic mass is 10.2. The Balaban J connectivity index is 2.33. The smallest absolute Gasteiger partial charge is 0.317 e. The SMILES string of the molecule is NC(=O)CN(CC(=O)O)CC(O)COCc1ccccc1. The molecule has 116 valence electrons. The van der Waals surface area contributed by atoms with Crippen molar-refractivity contribution in [2.45, 2.75) is 12.7 Å². The molecular formula is C14H20N2O5. The van der Waals surface area contributed by atoms with Crippen LogP contribution in [0.1, 0.15) is 5.56 Å². The zero-order valence-corrected chi connectivity index (χ0v) is 11.6. The first-order valence-corrected chi connectivity index (χ1v) is 6.49. The van der Waals surface area contributed by atoms with Gasteiger partial charge in [0, 0.05) is 6.54 Å². The molecule has 0 saturated carbocycles. The number of aliphatic hydroxyl groups excluding tert-OH is 1. The summed E-state index contributed by atoms with van der Waals surface area (Å²) in [6.45, 7) is -0.179. The maximum absolute atomic E-state index is 10.8. The summed E-state index contributed by atoms with van der Waals surface area (Å²) in [7, 11) is 0. The third kappa shape index (κ3) is 8.03. The number of hydrogen-bond donors (Lipinski definition) is 3. The highest BCUT2D eigenvalue weighted by Gasteiger charge is 2.16. The normalized spacial score (nSPS) is 12.3. The molecule has 7 heteroatoms. The predicted molar refractivity (Wildman–Crippen MR) is 75.4 cm³/mol. The number of aliphatic carboxylic acids is 1. The van der Waals surface area contributed by atoms with Crippen LogP contribution in [-0.4, -0.2) is 59.3 Å². The van der Waals surface area contributed by atoms with Gasteiger partial charge in [0.2, 0.25) is 5.91 Å². The molecule has 4 N–H and O–H groups in total. The summed E-state index contributed by atoms with van der Waals surface area (Å²) >= 11 is 0. The van der Waals surface area contributed by atoms with E-state index in [-0.39, 0.29) is 26.2 Å². The third-order valence-electron chi connectivity index (χ3n) is 2.63.